The fraction of sp³-hybridized carbons (Fsp3) is 0.846. The highest BCUT2D eigenvalue weighted by atomic mass is 32.2. The molecule has 1 unspecified atom stereocenters. The van der Waals surface area contributed by atoms with Gasteiger partial charge in [-0.05, 0) is 29.8 Å². The Morgan fingerprint density at radius 2 is 1.89 bits per heavy atom. The number of carboxylic acid groups (broad SMARTS) is 1. The molecule has 0 aliphatic rings. The summed E-state index contributed by atoms with van der Waals surface area (Å²) in [7, 11) is 0. The number of amides is 2. The molecule has 0 bridgehead atoms. The molecule has 0 heterocycles. The van der Waals surface area contributed by atoms with E-state index in [9.17, 15) is 9.59 Å². The van der Waals surface area contributed by atoms with Crippen molar-refractivity contribution in [3.05, 3.63) is 0 Å². The first-order valence-corrected chi connectivity index (χ1v) is 7.86. The minimum absolute atomic E-state index is 0.0185. The Bertz CT molecular complexity index is 306. The number of thioether (sulfide) groups is 1. The van der Waals surface area contributed by atoms with E-state index in [4.69, 9.17) is 5.11 Å². The third-order valence-corrected chi connectivity index (χ3v) is 4.13. The molecule has 6 heteroatoms. The van der Waals surface area contributed by atoms with E-state index < -0.39 is 18.0 Å². The molecule has 0 aromatic carbocycles. The van der Waals surface area contributed by atoms with E-state index in [1.807, 2.05) is 6.26 Å². The molecule has 0 spiro atoms. The molecule has 0 aliphatic carbocycles. The summed E-state index contributed by atoms with van der Waals surface area (Å²) < 4.78 is 0. The molecule has 0 aromatic heterocycles. The smallest absolute Gasteiger partial charge is 0.326 e. The Hall–Kier alpha value is -0.910. The van der Waals surface area contributed by atoms with Gasteiger partial charge in [-0.25, -0.2) is 9.59 Å². The van der Waals surface area contributed by atoms with Crippen LogP contribution < -0.4 is 10.6 Å². The number of aliphatic carboxylic acids is 1. The monoisotopic (exact) mass is 290 g/mol. The van der Waals surface area contributed by atoms with Crippen LogP contribution in [0.4, 0.5) is 4.79 Å². The van der Waals surface area contributed by atoms with Gasteiger partial charge in [0.1, 0.15) is 6.04 Å². The van der Waals surface area contributed by atoms with Crippen LogP contribution in [0.2, 0.25) is 0 Å². The van der Waals surface area contributed by atoms with E-state index in [-0.39, 0.29) is 5.41 Å². The van der Waals surface area contributed by atoms with E-state index in [1.54, 1.807) is 11.8 Å². The predicted molar refractivity (Wildman–Crippen MR) is 79.6 cm³/mol. The molecule has 3 N–H and O–H groups in total. The van der Waals surface area contributed by atoms with Crippen molar-refractivity contribution in [2.24, 2.45) is 11.3 Å². The van der Waals surface area contributed by atoms with Gasteiger partial charge in [-0.1, -0.05) is 27.7 Å². The SMILES string of the molecule is CSCCC(NC(=O)NCC(C)(C)C(C)C)C(=O)O. The number of carboxylic acids is 1. The average Bonchev–Trinajstić information content (AvgIpc) is 2.31. The third-order valence-electron chi connectivity index (χ3n) is 3.48. The van der Waals surface area contributed by atoms with Gasteiger partial charge in [0.05, 0.1) is 0 Å². The summed E-state index contributed by atoms with van der Waals surface area (Å²) in [6, 6.07) is -1.24. The lowest BCUT2D eigenvalue weighted by atomic mass is 9.81. The summed E-state index contributed by atoms with van der Waals surface area (Å²) in [5.41, 5.74) is -0.0185. The lowest BCUT2D eigenvalue weighted by Gasteiger charge is -2.29. The molecule has 2 amide bonds. The van der Waals surface area contributed by atoms with Crippen LogP contribution >= 0.6 is 11.8 Å². The van der Waals surface area contributed by atoms with Gasteiger partial charge in [-0.2, -0.15) is 11.8 Å². The lowest BCUT2D eigenvalue weighted by molar-refractivity contribution is -0.139. The van der Waals surface area contributed by atoms with Gasteiger partial charge in [-0.3, -0.25) is 0 Å². The van der Waals surface area contributed by atoms with Crippen molar-refractivity contribution in [3.8, 4) is 0 Å². The van der Waals surface area contributed by atoms with Gasteiger partial charge < -0.3 is 15.7 Å². The minimum atomic E-state index is -0.993. The minimum Gasteiger partial charge on any atom is -0.480 e. The summed E-state index contributed by atoms with van der Waals surface area (Å²) >= 11 is 1.56. The normalized spacial score (nSPS) is 13.2. The highest BCUT2D eigenvalue weighted by Gasteiger charge is 2.24. The molecule has 1 atom stereocenters. The van der Waals surface area contributed by atoms with E-state index in [0.29, 0.717) is 24.6 Å². The van der Waals surface area contributed by atoms with Crippen molar-refractivity contribution in [3.63, 3.8) is 0 Å². The van der Waals surface area contributed by atoms with Gasteiger partial charge in [-0.15, -0.1) is 0 Å². The fourth-order valence-corrected chi connectivity index (χ4v) is 1.69. The number of hydrogen-bond donors (Lipinski definition) is 3. The van der Waals surface area contributed by atoms with Gasteiger partial charge in [0.25, 0.3) is 0 Å². The maximum atomic E-state index is 11.7. The van der Waals surface area contributed by atoms with Crippen molar-refractivity contribution < 1.29 is 14.7 Å². The van der Waals surface area contributed by atoms with Crippen molar-refractivity contribution in [2.45, 2.75) is 40.2 Å². The average molecular weight is 290 g/mol. The van der Waals surface area contributed by atoms with Crippen molar-refractivity contribution in [1.82, 2.24) is 10.6 Å². The maximum absolute atomic E-state index is 11.7. The highest BCUT2D eigenvalue weighted by molar-refractivity contribution is 7.98. The molecule has 19 heavy (non-hydrogen) atoms. The molecule has 0 saturated carbocycles. The Kier molecular flexibility index (Phi) is 7.90. The Balaban J connectivity index is 4.24. The summed E-state index contributed by atoms with van der Waals surface area (Å²) in [6.07, 6.45) is 2.33. The van der Waals surface area contributed by atoms with Crippen LogP contribution in [-0.4, -0.2) is 41.7 Å². The second-order valence-electron chi connectivity index (χ2n) is 5.64. The van der Waals surface area contributed by atoms with E-state index in [1.165, 1.54) is 0 Å². The predicted octanol–water partition coefficient (Wildman–Crippen LogP) is 2.17. The summed E-state index contributed by atoms with van der Waals surface area (Å²) in [4.78, 5) is 22.7. The Morgan fingerprint density at radius 3 is 2.32 bits per heavy atom. The summed E-state index contributed by atoms with van der Waals surface area (Å²) in [6.45, 7) is 8.85. The van der Waals surface area contributed by atoms with Crippen molar-refractivity contribution in [1.29, 1.82) is 0 Å². The number of carbonyl (C=O) groups is 2. The van der Waals surface area contributed by atoms with Crippen LogP contribution in [0, 0.1) is 11.3 Å². The van der Waals surface area contributed by atoms with Crippen molar-refractivity contribution in [2.75, 3.05) is 18.6 Å². The second-order valence-corrected chi connectivity index (χ2v) is 6.63. The molecule has 5 nitrogen and oxygen atoms in total. The van der Waals surface area contributed by atoms with E-state index in [0.717, 1.165) is 0 Å². The molecule has 0 aliphatic heterocycles. The first kappa shape index (κ1) is 18.1. The first-order chi connectivity index (χ1) is 8.70. The van der Waals surface area contributed by atoms with Crippen LogP contribution in [-0.2, 0) is 4.79 Å². The zero-order valence-corrected chi connectivity index (χ0v) is 13.3. The number of urea groups is 1. The van der Waals surface area contributed by atoms with Gasteiger partial charge in [0.15, 0.2) is 0 Å². The molecule has 0 fully saturated rings. The molecule has 0 radical (unpaired) electrons. The zero-order valence-electron chi connectivity index (χ0n) is 12.4. The third kappa shape index (κ3) is 7.30. The quantitative estimate of drug-likeness (QED) is 0.640. The largest absolute Gasteiger partial charge is 0.480 e. The summed E-state index contributed by atoms with van der Waals surface area (Å²) in [5, 5.41) is 14.3. The maximum Gasteiger partial charge on any atom is 0.326 e. The fourth-order valence-electron chi connectivity index (χ4n) is 1.21. The Labute approximate surface area is 119 Å². The van der Waals surface area contributed by atoms with Crippen LogP contribution in [0.5, 0.6) is 0 Å². The molecular weight excluding hydrogens is 264 g/mol. The van der Waals surface area contributed by atoms with Crippen LogP contribution in [0.1, 0.15) is 34.1 Å². The number of rotatable bonds is 8. The zero-order chi connectivity index (χ0) is 15.1. The second kappa shape index (κ2) is 8.30. The van der Waals surface area contributed by atoms with Gasteiger partial charge >= 0.3 is 12.0 Å². The molecule has 0 saturated heterocycles. The summed E-state index contributed by atoms with van der Waals surface area (Å²) in [5.74, 6) is 0.140. The van der Waals surface area contributed by atoms with E-state index in [2.05, 4.69) is 38.3 Å². The standard InChI is InChI=1S/C13H26N2O3S/c1-9(2)13(3,4)8-14-12(18)15-10(11(16)17)6-7-19-5/h9-10H,6-8H2,1-5H3,(H,16,17)(H2,14,15,18). The topological polar surface area (TPSA) is 78.4 Å². The molecule has 0 aromatic rings. The molecule has 112 valence electrons. The van der Waals surface area contributed by atoms with Gasteiger partial charge in [0, 0.05) is 6.54 Å². The van der Waals surface area contributed by atoms with Crippen LogP contribution in [0.25, 0.3) is 0 Å². The highest BCUT2D eigenvalue weighted by Crippen LogP contribution is 2.24. The van der Waals surface area contributed by atoms with E-state index >= 15 is 0 Å². The molecule has 0 rings (SSSR count). The van der Waals surface area contributed by atoms with Crippen molar-refractivity contribution >= 4 is 23.8 Å². The number of hydrogen-bond acceptors (Lipinski definition) is 3. The molecular formula is C13H26N2O3S. The van der Waals surface area contributed by atoms with Gasteiger partial charge in [0.2, 0.25) is 0 Å². The Morgan fingerprint density at radius 1 is 1.32 bits per heavy atom. The number of carbonyl (C=O) groups excluding carboxylic acids is 1. The lowest BCUT2D eigenvalue weighted by Crippen LogP contribution is -2.48. The van der Waals surface area contributed by atoms with Crippen LogP contribution in [0.3, 0.4) is 0 Å². The van der Waals surface area contributed by atoms with Crippen LogP contribution in [0.15, 0.2) is 0 Å². The first-order valence-electron chi connectivity index (χ1n) is 6.46. The number of nitrogens with one attached hydrogen (secondary N) is 2.